The molecule has 4 nitrogen and oxygen atoms in total. The van der Waals surface area contributed by atoms with E-state index in [4.69, 9.17) is 17.3 Å². The van der Waals surface area contributed by atoms with Crippen molar-refractivity contribution in [3.05, 3.63) is 52.5 Å². The van der Waals surface area contributed by atoms with Crippen molar-refractivity contribution in [2.24, 2.45) is 0 Å². The fourth-order valence-electron chi connectivity index (χ4n) is 2.31. The Labute approximate surface area is 121 Å². The van der Waals surface area contributed by atoms with Crippen LogP contribution in [0.2, 0.25) is 5.02 Å². The number of nitrogen functional groups attached to an aromatic ring is 1. The molecule has 0 fully saturated rings. The number of anilines is 1. The van der Waals surface area contributed by atoms with Crippen molar-refractivity contribution in [2.45, 2.75) is 6.92 Å². The van der Waals surface area contributed by atoms with Crippen molar-refractivity contribution in [2.75, 3.05) is 5.73 Å². The highest BCUT2D eigenvalue weighted by atomic mass is 35.5. The van der Waals surface area contributed by atoms with Gasteiger partial charge < -0.3 is 5.73 Å². The van der Waals surface area contributed by atoms with E-state index in [1.54, 1.807) is 16.7 Å². The van der Waals surface area contributed by atoms with E-state index in [2.05, 4.69) is 11.1 Å². The lowest BCUT2D eigenvalue weighted by Gasteiger charge is -2.10. The van der Waals surface area contributed by atoms with Gasteiger partial charge in [0.1, 0.15) is 6.07 Å². The second-order valence-electron chi connectivity index (χ2n) is 4.52. The summed E-state index contributed by atoms with van der Waals surface area (Å²) in [7, 11) is 0. The molecule has 1 heterocycles. The molecule has 1 aromatic heterocycles. The highest BCUT2D eigenvalue weighted by Crippen LogP contribution is 2.28. The zero-order valence-corrected chi connectivity index (χ0v) is 11.5. The quantitative estimate of drug-likeness (QED) is 0.743. The van der Waals surface area contributed by atoms with Crippen LogP contribution in [0.3, 0.4) is 0 Å². The Morgan fingerprint density at radius 3 is 2.85 bits per heavy atom. The number of fused-ring (bicyclic) bond motifs is 1. The molecule has 0 unspecified atom stereocenters. The van der Waals surface area contributed by atoms with E-state index in [-0.39, 0.29) is 0 Å². The minimum Gasteiger partial charge on any atom is -0.369 e. The van der Waals surface area contributed by atoms with Crippen LogP contribution in [0.5, 0.6) is 0 Å². The highest BCUT2D eigenvalue weighted by Gasteiger charge is 2.14. The fraction of sp³-hybridized carbons (Fsp3) is 0.0667. The minimum absolute atomic E-state index is 0.337. The highest BCUT2D eigenvalue weighted by molar-refractivity contribution is 6.31. The third-order valence-electron chi connectivity index (χ3n) is 3.25. The summed E-state index contributed by atoms with van der Waals surface area (Å²) in [6.07, 6.45) is 0. The van der Waals surface area contributed by atoms with E-state index in [0.717, 1.165) is 16.8 Å². The van der Waals surface area contributed by atoms with E-state index < -0.39 is 0 Å². The van der Waals surface area contributed by atoms with Crippen LogP contribution < -0.4 is 5.73 Å². The maximum absolute atomic E-state index is 9.36. The molecule has 0 saturated carbocycles. The lowest BCUT2D eigenvalue weighted by molar-refractivity contribution is 1.09. The lowest BCUT2D eigenvalue weighted by Crippen LogP contribution is -2.03. The molecule has 98 valence electrons. The minimum atomic E-state index is 0.337. The van der Waals surface area contributed by atoms with Crippen LogP contribution in [0.4, 0.5) is 5.95 Å². The number of imidazole rings is 1. The SMILES string of the molecule is Cc1cccc(-n2c(N)nc3cc(Cl)ccc32)c1C#N. The van der Waals surface area contributed by atoms with E-state index >= 15 is 0 Å². The van der Waals surface area contributed by atoms with Crippen molar-refractivity contribution in [3.63, 3.8) is 0 Å². The van der Waals surface area contributed by atoms with Crippen LogP contribution in [-0.2, 0) is 0 Å². The van der Waals surface area contributed by atoms with Gasteiger partial charge in [0.05, 0.1) is 22.3 Å². The third-order valence-corrected chi connectivity index (χ3v) is 3.48. The van der Waals surface area contributed by atoms with E-state index in [1.807, 2.05) is 31.2 Å². The molecule has 0 radical (unpaired) electrons. The van der Waals surface area contributed by atoms with Gasteiger partial charge in [0.25, 0.3) is 0 Å². The summed E-state index contributed by atoms with van der Waals surface area (Å²) in [5, 5.41) is 9.96. The molecule has 5 heteroatoms. The molecule has 0 aliphatic heterocycles. The first-order valence-electron chi connectivity index (χ1n) is 6.05. The summed E-state index contributed by atoms with van der Waals surface area (Å²) in [5.41, 5.74) is 9.77. The molecular formula is C15H11ClN4. The molecule has 0 saturated heterocycles. The second kappa shape index (κ2) is 4.55. The summed E-state index contributed by atoms with van der Waals surface area (Å²) in [6.45, 7) is 1.90. The van der Waals surface area contributed by atoms with Gasteiger partial charge in [0.15, 0.2) is 0 Å². The van der Waals surface area contributed by atoms with Crippen molar-refractivity contribution in [3.8, 4) is 11.8 Å². The molecule has 2 N–H and O–H groups in total. The number of nitrogens with two attached hydrogens (primary N) is 1. The Kier molecular flexibility index (Phi) is 2.85. The van der Waals surface area contributed by atoms with Gasteiger partial charge in [0, 0.05) is 5.02 Å². The van der Waals surface area contributed by atoms with Crippen LogP contribution in [-0.4, -0.2) is 9.55 Å². The van der Waals surface area contributed by atoms with Crippen LogP contribution in [0.25, 0.3) is 16.7 Å². The number of nitriles is 1. The number of hydrogen-bond acceptors (Lipinski definition) is 3. The maximum atomic E-state index is 9.36. The Hall–Kier alpha value is -2.51. The summed E-state index contributed by atoms with van der Waals surface area (Å²) < 4.78 is 1.78. The molecule has 0 bridgehead atoms. The van der Waals surface area contributed by atoms with Gasteiger partial charge in [-0.15, -0.1) is 0 Å². The van der Waals surface area contributed by atoms with Crippen LogP contribution in [0.15, 0.2) is 36.4 Å². The third kappa shape index (κ3) is 1.80. The number of halogens is 1. The first kappa shape index (κ1) is 12.5. The van der Waals surface area contributed by atoms with E-state index in [1.165, 1.54) is 0 Å². The first-order chi connectivity index (χ1) is 9.61. The predicted molar refractivity (Wildman–Crippen MR) is 79.9 cm³/mol. The Balaban J connectivity index is 2.39. The Morgan fingerprint density at radius 2 is 2.10 bits per heavy atom. The van der Waals surface area contributed by atoms with Gasteiger partial charge in [0.2, 0.25) is 5.95 Å². The number of rotatable bonds is 1. The number of benzene rings is 2. The lowest BCUT2D eigenvalue weighted by atomic mass is 10.1. The molecular weight excluding hydrogens is 272 g/mol. The van der Waals surface area contributed by atoms with Gasteiger partial charge in [-0.25, -0.2) is 4.98 Å². The van der Waals surface area contributed by atoms with Crippen LogP contribution in [0, 0.1) is 18.3 Å². The fourth-order valence-corrected chi connectivity index (χ4v) is 2.48. The molecule has 0 atom stereocenters. The van der Waals surface area contributed by atoms with E-state index in [0.29, 0.717) is 22.1 Å². The average Bonchev–Trinajstić information content (AvgIpc) is 2.73. The predicted octanol–water partition coefficient (Wildman–Crippen LogP) is 3.44. The summed E-state index contributed by atoms with van der Waals surface area (Å²) in [5.74, 6) is 0.337. The van der Waals surface area contributed by atoms with Gasteiger partial charge in [-0.2, -0.15) is 5.26 Å². The smallest absolute Gasteiger partial charge is 0.205 e. The number of aromatic nitrogens is 2. The van der Waals surface area contributed by atoms with Gasteiger partial charge in [-0.05, 0) is 36.8 Å². The van der Waals surface area contributed by atoms with Crippen molar-refractivity contribution in [1.82, 2.24) is 9.55 Å². The summed E-state index contributed by atoms with van der Waals surface area (Å²) in [6, 6.07) is 13.3. The molecule has 0 aliphatic rings. The molecule has 3 aromatic rings. The molecule has 2 aromatic carbocycles. The summed E-state index contributed by atoms with van der Waals surface area (Å²) in [4.78, 5) is 4.30. The topological polar surface area (TPSA) is 67.6 Å². The largest absolute Gasteiger partial charge is 0.369 e. The Morgan fingerprint density at radius 1 is 1.30 bits per heavy atom. The van der Waals surface area contributed by atoms with Crippen molar-refractivity contribution >= 4 is 28.6 Å². The standard InChI is InChI=1S/C15H11ClN4/c1-9-3-2-4-13(11(9)8-17)20-14-6-5-10(16)7-12(14)19-15(20)18/h2-7H,1H3,(H2,18,19). The van der Waals surface area contributed by atoms with Gasteiger partial charge >= 0.3 is 0 Å². The molecule has 3 rings (SSSR count). The maximum Gasteiger partial charge on any atom is 0.205 e. The zero-order chi connectivity index (χ0) is 14.3. The number of nitrogens with zero attached hydrogens (tertiary/aromatic N) is 3. The van der Waals surface area contributed by atoms with Crippen LogP contribution >= 0.6 is 11.6 Å². The zero-order valence-electron chi connectivity index (χ0n) is 10.8. The molecule has 0 amide bonds. The second-order valence-corrected chi connectivity index (χ2v) is 4.96. The van der Waals surface area contributed by atoms with Crippen molar-refractivity contribution in [1.29, 1.82) is 5.26 Å². The van der Waals surface area contributed by atoms with Gasteiger partial charge in [-0.3, -0.25) is 4.57 Å². The Bertz CT molecular complexity index is 858. The first-order valence-corrected chi connectivity index (χ1v) is 6.43. The number of hydrogen-bond donors (Lipinski definition) is 1. The monoisotopic (exact) mass is 282 g/mol. The number of aryl methyl sites for hydroxylation is 1. The molecule has 0 aliphatic carbocycles. The van der Waals surface area contributed by atoms with E-state index in [9.17, 15) is 5.26 Å². The van der Waals surface area contributed by atoms with Crippen LogP contribution in [0.1, 0.15) is 11.1 Å². The molecule has 0 spiro atoms. The average molecular weight is 283 g/mol. The normalized spacial score (nSPS) is 10.7. The summed E-state index contributed by atoms with van der Waals surface area (Å²) >= 11 is 5.97. The van der Waals surface area contributed by atoms with Gasteiger partial charge in [-0.1, -0.05) is 23.7 Å². The molecule has 20 heavy (non-hydrogen) atoms. The van der Waals surface area contributed by atoms with Crippen molar-refractivity contribution < 1.29 is 0 Å².